The maximum absolute atomic E-state index is 6.38. The molecule has 1 aliphatic heterocycles. The van der Waals surface area contributed by atoms with Crippen LogP contribution in [0.15, 0.2) is 24.3 Å². The summed E-state index contributed by atoms with van der Waals surface area (Å²) in [5.41, 5.74) is 9.00. The quantitative estimate of drug-likeness (QED) is 0.887. The third-order valence-corrected chi connectivity index (χ3v) is 3.99. The normalized spacial score (nSPS) is 20.1. The number of likely N-dealkylation sites (tertiary alicyclic amines) is 1. The van der Waals surface area contributed by atoms with Crippen LogP contribution in [0.5, 0.6) is 0 Å². The molecular formula is C16H26N2. The highest BCUT2D eigenvalue weighted by Crippen LogP contribution is 2.18. The van der Waals surface area contributed by atoms with Gasteiger partial charge in [0.25, 0.3) is 0 Å². The van der Waals surface area contributed by atoms with Gasteiger partial charge in [0.15, 0.2) is 0 Å². The van der Waals surface area contributed by atoms with Crippen molar-refractivity contribution in [2.45, 2.75) is 45.1 Å². The second-order valence-corrected chi connectivity index (χ2v) is 5.53. The van der Waals surface area contributed by atoms with Gasteiger partial charge in [0.1, 0.15) is 0 Å². The molecule has 2 rings (SSSR count). The first kappa shape index (κ1) is 13.6. The molecule has 0 radical (unpaired) electrons. The van der Waals surface area contributed by atoms with Crippen molar-refractivity contribution < 1.29 is 0 Å². The van der Waals surface area contributed by atoms with Gasteiger partial charge in [-0.15, -0.1) is 0 Å². The van der Waals surface area contributed by atoms with Crippen LogP contribution in [0.4, 0.5) is 0 Å². The second-order valence-electron chi connectivity index (χ2n) is 5.53. The first-order valence-corrected chi connectivity index (χ1v) is 7.31. The molecule has 0 spiro atoms. The fourth-order valence-corrected chi connectivity index (χ4v) is 2.87. The number of hydrogen-bond acceptors (Lipinski definition) is 2. The fourth-order valence-electron chi connectivity index (χ4n) is 2.87. The van der Waals surface area contributed by atoms with Crippen LogP contribution in [-0.2, 0) is 0 Å². The first-order chi connectivity index (χ1) is 8.77. The molecule has 1 aromatic rings. The third kappa shape index (κ3) is 3.82. The van der Waals surface area contributed by atoms with Crippen LogP contribution >= 0.6 is 0 Å². The van der Waals surface area contributed by atoms with Crippen molar-refractivity contribution in [3.63, 3.8) is 0 Å². The largest absolute Gasteiger partial charge is 0.323 e. The highest BCUT2D eigenvalue weighted by Gasteiger charge is 2.14. The monoisotopic (exact) mass is 246 g/mol. The molecule has 2 N–H and O–H groups in total. The van der Waals surface area contributed by atoms with Gasteiger partial charge in [-0.05, 0) is 44.0 Å². The molecule has 2 nitrogen and oxygen atoms in total. The summed E-state index contributed by atoms with van der Waals surface area (Å²) in [6.45, 7) is 5.60. The minimum Gasteiger partial charge on any atom is -0.323 e. The van der Waals surface area contributed by atoms with Crippen molar-refractivity contribution in [3.8, 4) is 0 Å². The van der Waals surface area contributed by atoms with Crippen molar-refractivity contribution >= 4 is 0 Å². The Labute approximate surface area is 111 Å². The smallest absolute Gasteiger partial charge is 0.0426 e. The Morgan fingerprint density at radius 3 is 2.33 bits per heavy atom. The zero-order valence-electron chi connectivity index (χ0n) is 11.6. The predicted molar refractivity (Wildman–Crippen MR) is 77.6 cm³/mol. The van der Waals surface area contributed by atoms with E-state index in [0.29, 0.717) is 0 Å². The fraction of sp³-hybridized carbons (Fsp3) is 0.625. The highest BCUT2D eigenvalue weighted by atomic mass is 15.1. The Kier molecular flexibility index (Phi) is 5.21. The average molecular weight is 246 g/mol. The van der Waals surface area contributed by atoms with E-state index in [0.717, 1.165) is 6.54 Å². The Balaban J connectivity index is 1.93. The lowest BCUT2D eigenvalue weighted by Crippen LogP contribution is -2.34. The topological polar surface area (TPSA) is 29.3 Å². The lowest BCUT2D eigenvalue weighted by Gasteiger charge is -2.28. The number of rotatable bonds is 3. The van der Waals surface area contributed by atoms with E-state index >= 15 is 0 Å². The van der Waals surface area contributed by atoms with E-state index in [1.165, 1.54) is 56.3 Å². The summed E-state index contributed by atoms with van der Waals surface area (Å²) < 4.78 is 0. The van der Waals surface area contributed by atoms with Crippen molar-refractivity contribution in [2.24, 2.45) is 5.73 Å². The van der Waals surface area contributed by atoms with Gasteiger partial charge in [-0.2, -0.15) is 0 Å². The van der Waals surface area contributed by atoms with Crippen molar-refractivity contribution in [3.05, 3.63) is 35.4 Å². The molecule has 1 atom stereocenters. The minimum atomic E-state index is 0.158. The van der Waals surface area contributed by atoms with E-state index in [4.69, 9.17) is 5.73 Å². The number of nitrogens with zero attached hydrogens (tertiary/aromatic N) is 1. The zero-order chi connectivity index (χ0) is 12.8. The Hall–Kier alpha value is -0.860. The summed E-state index contributed by atoms with van der Waals surface area (Å²) in [5.74, 6) is 0. The third-order valence-electron chi connectivity index (χ3n) is 3.99. The summed E-state index contributed by atoms with van der Waals surface area (Å²) >= 11 is 0. The molecule has 0 aromatic heterocycles. The van der Waals surface area contributed by atoms with Crippen LogP contribution in [-0.4, -0.2) is 24.5 Å². The van der Waals surface area contributed by atoms with Crippen LogP contribution in [0.3, 0.4) is 0 Å². The van der Waals surface area contributed by atoms with E-state index in [9.17, 15) is 0 Å². The van der Waals surface area contributed by atoms with E-state index in [1.807, 2.05) is 0 Å². The lowest BCUT2D eigenvalue weighted by molar-refractivity contribution is 0.234. The van der Waals surface area contributed by atoms with Gasteiger partial charge < -0.3 is 10.6 Å². The van der Waals surface area contributed by atoms with Crippen LogP contribution in [0.2, 0.25) is 0 Å². The molecular weight excluding hydrogens is 220 g/mol. The van der Waals surface area contributed by atoms with Gasteiger partial charge in [0.2, 0.25) is 0 Å². The van der Waals surface area contributed by atoms with Gasteiger partial charge >= 0.3 is 0 Å². The van der Waals surface area contributed by atoms with Crippen LogP contribution < -0.4 is 5.73 Å². The van der Waals surface area contributed by atoms with Crippen LogP contribution in [0.1, 0.15) is 49.3 Å². The van der Waals surface area contributed by atoms with Crippen molar-refractivity contribution in [1.82, 2.24) is 4.90 Å². The summed E-state index contributed by atoms with van der Waals surface area (Å²) in [4.78, 5) is 2.55. The van der Waals surface area contributed by atoms with Crippen LogP contribution in [0, 0.1) is 6.92 Å². The highest BCUT2D eigenvalue weighted by molar-refractivity contribution is 5.28. The second kappa shape index (κ2) is 6.91. The van der Waals surface area contributed by atoms with E-state index in [2.05, 4.69) is 36.1 Å². The zero-order valence-corrected chi connectivity index (χ0v) is 11.6. The molecule has 2 heteroatoms. The summed E-state index contributed by atoms with van der Waals surface area (Å²) in [6.07, 6.45) is 6.85. The Morgan fingerprint density at radius 2 is 1.67 bits per heavy atom. The number of hydrogen-bond donors (Lipinski definition) is 1. The van der Waals surface area contributed by atoms with E-state index < -0.39 is 0 Å². The van der Waals surface area contributed by atoms with Gasteiger partial charge in [-0.3, -0.25) is 0 Å². The molecule has 18 heavy (non-hydrogen) atoms. The molecule has 0 amide bonds. The maximum Gasteiger partial charge on any atom is 0.0426 e. The Bertz CT molecular complexity index is 354. The molecule has 0 saturated carbocycles. The average Bonchev–Trinajstić information content (AvgIpc) is 2.33. The number of benzene rings is 1. The lowest BCUT2D eigenvalue weighted by atomic mass is 10.0. The molecule has 0 bridgehead atoms. The standard InChI is InChI=1S/C16H26N2/c1-14-9-5-6-10-15(14)16(17)13-18-11-7-3-2-4-8-12-18/h5-6,9-10,16H,2-4,7-8,11-13,17H2,1H3. The first-order valence-electron chi connectivity index (χ1n) is 7.31. The molecule has 1 heterocycles. The molecule has 1 unspecified atom stereocenters. The van der Waals surface area contributed by atoms with Gasteiger partial charge in [0, 0.05) is 12.6 Å². The van der Waals surface area contributed by atoms with Crippen LogP contribution in [0.25, 0.3) is 0 Å². The van der Waals surface area contributed by atoms with Crippen molar-refractivity contribution in [1.29, 1.82) is 0 Å². The van der Waals surface area contributed by atoms with Crippen molar-refractivity contribution in [2.75, 3.05) is 19.6 Å². The molecule has 100 valence electrons. The summed E-state index contributed by atoms with van der Waals surface area (Å²) in [5, 5.41) is 0. The van der Waals surface area contributed by atoms with Gasteiger partial charge in [-0.1, -0.05) is 43.5 Å². The van der Waals surface area contributed by atoms with Gasteiger partial charge in [-0.25, -0.2) is 0 Å². The number of aryl methyl sites for hydroxylation is 1. The predicted octanol–water partition coefficient (Wildman–Crippen LogP) is 3.26. The summed E-state index contributed by atoms with van der Waals surface area (Å²) in [7, 11) is 0. The maximum atomic E-state index is 6.38. The molecule has 1 aliphatic rings. The SMILES string of the molecule is Cc1ccccc1C(N)CN1CCCCCCC1. The number of nitrogens with two attached hydrogens (primary N) is 1. The molecule has 1 aromatic carbocycles. The Morgan fingerprint density at radius 1 is 1.06 bits per heavy atom. The molecule has 1 fully saturated rings. The minimum absolute atomic E-state index is 0.158. The summed E-state index contributed by atoms with van der Waals surface area (Å²) in [6, 6.07) is 8.66. The van der Waals surface area contributed by atoms with Gasteiger partial charge in [0.05, 0.1) is 0 Å². The van der Waals surface area contributed by atoms with E-state index in [1.54, 1.807) is 0 Å². The molecule has 0 aliphatic carbocycles. The van der Waals surface area contributed by atoms with E-state index in [-0.39, 0.29) is 6.04 Å². The molecule has 1 saturated heterocycles.